The summed E-state index contributed by atoms with van der Waals surface area (Å²) in [5, 5.41) is 10.6. The molecule has 0 radical (unpaired) electrons. The first-order valence-electron chi connectivity index (χ1n) is 10.0. The van der Waals surface area contributed by atoms with Crippen LogP contribution in [-0.4, -0.2) is 58.6 Å². The SMILES string of the molecule is COc1cccc(C(Cn2cc(NC(=O)c3nccnc3N)cn2)[C@@H]2CNCCO2)c1. The Labute approximate surface area is 179 Å². The van der Waals surface area contributed by atoms with Crippen molar-refractivity contribution in [3.05, 3.63) is 60.3 Å². The van der Waals surface area contributed by atoms with E-state index in [-0.39, 0.29) is 23.5 Å². The van der Waals surface area contributed by atoms with E-state index < -0.39 is 5.91 Å². The molecule has 1 aliphatic rings. The molecule has 1 amide bonds. The summed E-state index contributed by atoms with van der Waals surface area (Å²) in [6.07, 6.45) is 6.21. The van der Waals surface area contributed by atoms with Crippen LogP contribution in [0.2, 0.25) is 0 Å². The zero-order valence-electron chi connectivity index (χ0n) is 17.2. The highest BCUT2D eigenvalue weighted by Gasteiger charge is 2.27. The van der Waals surface area contributed by atoms with Crippen molar-refractivity contribution in [1.29, 1.82) is 0 Å². The number of ether oxygens (including phenoxy) is 2. The van der Waals surface area contributed by atoms with Gasteiger partial charge in [-0.1, -0.05) is 12.1 Å². The summed E-state index contributed by atoms with van der Waals surface area (Å²) in [7, 11) is 1.65. The first-order valence-corrected chi connectivity index (χ1v) is 10.0. The van der Waals surface area contributed by atoms with Crippen molar-refractivity contribution in [3.63, 3.8) is 0 Å². The van der Waals surface area contributed by atoms with Crippen molar-refractivity contribution in [3.8, 4) is 5.75 Å². The van der Waals surface area contributed by atoms with Crippen LogP contribution < -0.4 is 21.1 Å². The number of methoxy groups -OCH3 is 1. The Bertz CT molecular complexity index is 1030. The fraction of sp³-hybridized carbons (Fsp3) is 0.333. The number of hydrogen-bond donors (Lipinski definition) is 3. The van der Waals surface area contributed by atoms with Crippen LogP contribution >= 0.6 is 0 Å². The number of morpholine rings is 1. The van der Waals surface area contributed by atoms with Crippen molar-refractivity contribution in [1.82, 2.24) is 25.1 Å². The quantitative estimate of drug-likeness (QED) is 0.518. The van der Waals surface area contributed by atoms with E-state index in [4.69, 9.17) is 15.2 Å². The average molecular weight is 423 g/mol. The summed E-state index contributed by atoms with van der Waals surface area (Å²) in [6, 6.07) is 7.97. The molecule has 1 saturated heterocycles. The van der Waals surface area contributed by atoms with Gasteiger partial charge in [0.25, 0.3) is 5.91 Å². The first-order chi connectivity index (χ1) is 15.1. The number of amides is 1. The molecule has 0 bridgehead atoms. The monoisotopic (exact) mass is 423 g/mol. The van der Waals surface area contributed by atoms with E-state index in [0.717, 1.165) is 24.4 Å². The van der Waals surface area contributed by atoms with Gasteiger partial charge in [0, 0.05) is 37.6 Å². The lowest BCUT2D eigenvalue weighted by molar-refractivity contribution is 0.00679. The number of carbonyl (C=O) groups excluding carboxylic acids is 1. The van der Waals surface area contributed by atoms with E-state index in [1.54, 1.807) is 24.2 Å². The predicted molar refractivity (Wildman–Crippen MR) is 115 cm³/mol. The Morgan fingerprint density at radius 3 is 3.06 bits per heavy atom. The van der Waals surface area contributed by atoms with Gasteiger partial charge in [-0.3, -0.25) is 9.48 Å². The lowest BCUT2D eigenvalue weighted by atomic mass is 9.92. The minimum atomic E-state index is -0.436. The molecule has 1 fully saturated rings. The highest BCUT2D eigenvalue weighted by Crippen LogP contribution is 2.28. The summed E-state index contributed by atoms with van der Waals surface area (Å²) in [5.41, 5.74) is 7.45. The fourth-order valence-corrected chi connectivity index (χ4v) is 3.60. The minimum Gasteiger partial charge on any atom is -0.497 e. The number of nitrogens with two attached hydrogens (primary N) is 1. The maximum atomic E-state index is 12.4. The van der Waals surface area contributed by atoms with Crippen molar-refractivity contribution in [2.24, 2.45) is 0 Å². The predicted octanol–water partition coefficient (Wildman–Crippen LogP) is 1.29. The van der Waals surface area contributed by atoms with Crippen LogP contribution in [0.1, 0.15) is 22.0 Å². The maximum Gasteiger partial charge on any atom is 0.278 e. The van der Waals surface area contributed by atoms with Gasteiger partial charge in [-0.2, -0.15) is 5.10 Å². The molecular formula is C21H25N7O3. The molecule has 10 nitrogen and oxygen atoms in total. The minimum absolute atomic E-state index is 0.0116. The van der Waals surface area contributed by atoms with Crippen molar-refractivity contribution < 1.29 is 14.3 Å². The van der Waals surface area contributed by atoms with Gasteiger partial charge in [0.15, 0.2) is 11.5 Å². The van der Waals surface area contributed by atoms with Crippen LogP contribution in [0.15, 0.2) is 49.1 Å². The molecule has 0 aliphatic carbocycles. The normalized spacial score (nSPS) is 17.1. The summed E-state index contributed by atoms with van der Waals surface area (Å²) in [5.74, 6) is 0.477. The van der Waals surface area contributed by atoms with Crippen LogP contribution in [0.5, 0.6) is 5.75 Å². The molecule has 3 aromatic rings. The number of nitrogen functional groups attached to an aromatic ring is 1. The van der Waals surface area contributed by atoms with E-state index in [0.29, 0.717) is 18.8 Å². The van der Waals surface area contributed by atoms with Gasteiger partial charge in [0.05, 0.1) is 38.2 Å². The highest BCUT2D eigenvalue weighted by molar-refractivity contribution is 6.05. The number of hydrogen-bond acceptors (Lipinski definition) is 8. The molecule has 10 heteroatoms. The second-order valence-electron chi connectivity index (χ2n) is 7.19. The lowest BCUT2D eigenvalue weighted by Crippen LogP contribution is -2.43. The smallest absolute Gasteiger partial charge is 0.278 e. The molecule has 4 N–H and O–H groups in total. The summed E-state index contributed by atoms with van der Waals surface area (Å²) in [6.45, 7) is 2.82. The van der Waals surface area contributed by atoms with E-state index in [1.807, 2.05) is 18.2 Å². The average Bonchev–Trinajstić information content (AvgIpc) is 3.25. The molecule has 1 unspecified atom stereocenters. The summed E-state index contributed by atoms with van der Waals surface area (Å²) in [4.78, 5) is 20.3. The number of carbonyl (C=O) groups is 1. The van der Waals surface area contributed by atoms with Crippen LogP contribution in [-0.2, 0) is 11.3 Å². The number of nitrogens with zero attached hydrogens (tertiary/aromatic N) is 4. The Morgan fingerprint density at radius 2 is 2.29 bits per heavy atom. The van der Waals surface area contributed by atoms with Gasteiger partial charge in [-0.05, 0) is 17.7 Å². The number of nitrogens with one attached hydrogen (secondary N) is 2. The van der Waals surface area contributed by atoms with E-state index in [1.165, 1.54) is 12.4 Å². The Balaban J connectivity index is 1.51. The van der Waals surface area contributed by atoms with Gasteiger partial charge in [0.2, 0.25) is 0 Å². The molecule has 4 rings (SSSR count). The first kappa shape index (κ1) is 20.8. The number of rotatable bonds is 7. The highest BCUT2D eigenvalue weighted by atomic mass is 16.5. The molecule has 2 aromatic heterocycles. The molecule has 1 aromatic carbocycles. The molecule has 2 atom stereocenters. The number of aromatic nitrogens is 4. The van der Waals surface area contributed by atoms with Gasteiger partial charge in [-0.15, -0.1) is 0 Å². The van der Waals surface area contributed by atoms with Gasteiger partial charge >= 0.3 is 0 Å². The van der Waals surface area contributed by atoms with Crippen molar-refractivity contribution >= 4 is 17.4 Å². The molecule has 0 spiro atoms. The maximum absolute atomic E-state index is 12.4. The number of anilines is 2. The summed E-state index contributed by atoms with van der Waals surface area (Å²) >= 11 is 0. The second-order valence-corrected chi connectivity index (χ2v) is 7.19. The largest absolute Gasteiger partial charge is 0.497 e. The molecular weight excluding hydrogens is 398 g/mol. The third kappa shape index (κ3) is 4.98. The zero-order valence-corrected chi connectivity index (χ0v) is 17.2. The zero-order chi connectivity index (χ0) is 21.6. The van der Waals surface area contributed by atoms with Crippen LogP contribution in [0.3, 0.4) is 0 Å². The Kier molecular flexibility index (Phi) is 6.39. The van der Waals surface area contributed by atoms with E-state index in [9.17, 15) is 4.79 Å². The number of benzene rings is 1. The van der Waals surface area contributed by atoms with Crippen LogP contribution in [0.4, 0.5) is 11.5 Å². The topological polar surface area (TPSA) is 129 Å². The molecule has 0 saturated carbocycles. The van der Waals surface area contributed by atoms with Crippen molar-refractivity contribution in [2.75, 3.05) is 37.9 Å². The van der Waals surface area contributed by atoms with Crippen LogP contribution in [0.25, 0.3) is 0 Å². The van der Waals surface area contributed by atoms with Crippen LogP contribution in [0, 0.1) is 0 Å². The lowest BCUT2D eigenvalue weighted by Gasteiger charge is -2.31. The second kappa shape index (κ2) is 9.54. The molecule has 3 heterocycles. The third-order valence-electron chi connectivity index (χ3n) is 5.14. The molecule has 162 valence electrons. The standard InChI is InChI=1S/C21H25N7O3/c1-30-16-4-2-3-14(9-16)17(18-11-23-7-8-31-18)13-28-12-15(10-26-28)27-21(29)19-20(22)25-6-5-24-19/h2-6,9-10,12,17-18,23H,7-8,11,13H2,1H3,(H2,22,25)(H,27,29)/t17?,18-/m0/s1. The van der Waals surface area contributed by atoms with Gasteiger partial charge < -0.3 is 25.8 Å². The van der Waals surface area contributed by atoms with Gasteiger partial charge in [0.1, 0.15) is 5.75 Å². The summed E-state index contributed by atoms with van der Waals surface area (Å²) < 4.78 is 13.2. The molecule has 31 heavy (non-hydrogen) atoms. The van der Waals surface area contributed by atoms with Crippen molar-refractivity contribution in [2.45, 2.75) is 18.6 Å². The Morgan fingerprint density at radius 1 is 1.42 bits per heavy atom. The van der Waals surface area contributed by atoms with E-state index in [2.05, 4.69) is 31.8 Å². The van der Waals surface area contributed by atoms with Gasteiger partial charge in [-0.25, -0.2) is 9.97 Å². The fourth-order valence-electron chi connectivity index (χ4n) is 3.60. The van der Waals surface area contributed by atoms with E-state index >= 15 is 0 Å². The Hall–Kier alpha value is -3.50. The molecule has 1 aliphatic heterocycles. The third-order valence-corrected chi connectivity index (χ3v) is 5.14.